The van der Waals surface area contributed by atoms with E-state index in [1.54, 1.807) is 24.3 Å². The molecule has 0 aliphatic rings. The predicted molar refractivity (Wildman–Crippen MR) is 76.3 cm³/mol. The minimum atomic E-state index is -4.00. The van der Waals surface area contributed by atoms with E-state index >= 15 is 0 Å². The monoisotopic (exact) mass is 327 g/mol. The minimum absolute atomic E-state index is 0.0389. The maximum absolute atomic E-state index is 11.3. The number of rotatable bonds is 4. The Labute approximate surface area is 125 Å². The molecule has 0 saturated heterocycles. The third-order valence-electron chi connectivity index (χ3n) is 2.57. The van der Waals surface area contributed by atoms with Crippen molar-refractivity contribution in [3.63, 3.8) is 0 Å². The lowest BCUT2D eigenvalue weighted by Crippen LogP contribution is -2.13. The van der Waals surface area contributed by atoms with Crippen LogP contribution in [0.2, 0.25) is 5.02 Å². The van der Waals surface area contributed by atoms with Crippen molar-refractivity contribution < 1.29 is 23.1 Å². The van der Waals surface area contributed by atoms with Gasteiger partial charge in [0.05, 0.1) is 9.92 Å². The van der Waals surface area contributed by atoms with Gasteiger partial charge in [0.2, 0.25) is 10.0 Å². The molecule has 0 saturated carbocycles. The largest absolute Gasteiger partial charge is 0.478 e. The quantitative estimate of drug-likeness (QED) is 0.897. The first-order valence-corrected chi connectivity index (χ1v) is 7.54. The van der Waals surface area contributed by atoms with Crippen LogP contribution >= 0.6 is 11.6 Å². The Morgan fingerprint density at radius 3 is 2.38 bits per heavy atom. The Morgan fingerprint density at radius 1 is 1.14 bits per heavy atom. The van der Waals surface area contributed by atoms with Gasteiger partial charge >= 0.3 is 5.97 Å². The van der Waals surface area contributed by atoms with Gasteiger partial charge in [-0.15, -0.1) is 0 Å². The van der Waals surface area contributed by atoms with E-state index < -0.39 is 16.0 Å². The normalized spacial score (nSPS) is 11.1. The molecule has 2 rings (SSSR count). The summed E-state index contributed by atoms with van der Waals surface area (Å²) < 4.78 is 27.9. The maximum atomic E-state index is 11.3. The number of aromatic carboxylic acids is 1. The SMILES string of the molecule is NS(=O)(=O)c1ccc(Oc2ccccc2Cl)c(C(=O)O)c1. The zero-order chi connectivity index (χ0) is 15.6. The summed E-state index contributed by atoms with van der Waals surface area (Å²) in [5.41, 5.74) is -0.332. The highest BCUT2D eigenvalue weighted by atomic mass is 35.5. The Kier molecular flexibility index (Phi) is 4.17. The number of ether oxygens (including phenoxy) is 1. The summed E-state index contributed by atoms with van der Waals surface area (Å²) in [5.74, 6) is -1.13. The number of nitrogens with two attached hydrogens (primary N) is 1. The molecule has 0 radical (unpaired) electrons. The van der Waals surface area contributed by atoms with E-state index in [0.29, 0.717) is 5.02 Å². The van der Waals surface area contributed by atoms with E-state index in [4.69, 9.17) is 26.6 Å². The molecule has 0 aromatic heterocycles. The summed E-state index contributed by atoms with van der Waals surface area (Å²) in [4.78, 5) is 10.9. The van der Waals surface area contributed by atoms with Crippen LogP contribution in [0.15, 0.2) is 47.4 Å². The van der Waals surface area contributed by atoms with E-state index in [2.05, 4.69) is 0 Å². The maximum Gasteiger partial charge on any atom is 0.339 e. The summed E-state index contributed by atoms with van der Waals surface area (Å²) in [5, 5.41) is 14.4. The fourth-order valence-corrected chi connectivity index (χ4v) is 2.30. The second-order valence-corrected chi connectivity index (χ2v) is 6.01. The first-order chi connectivity index (χ1) is 9.79. The highest BCUT2D eigenvalue weighted by molar-refractivity contribution is 7.89. The lowest BCUT2D eigenvalue weighted by atomic mass is 10.2. The van der Waals surface area contributed by atoms with Crippen molar-refractivity contribution in [1.82, 2.24) is 0 Å². The van der Waals surface area contributed by atoms with E-state index in [1.165, 1.54) is 6.07 Å². The Morgan fingerprint density at radius 2 is 1.81 bits per heavy atom. The molecule has 3 N–H and O–H groups in total. The molecule has 0 bridgehead atoms. The highest BCUT2D eigenvalue weighted by Crippen LogP contribution is 2.31. The van der Waals surface area contributed by atoms with Gasteiger partial charge in [0.25, 0.3) is 0 Å². The summed E-state index contributed by atoms with van der Waals surface area (Å²) >= 11 is 5.92. The smallest absolute Gasteiger partial charge is 0.339 e. The van der Waals surface area contributed by atoms with Gasteiger partial charge in [0.1, 0.15) is 17.1 Å². The van der Waals surface area contributed by atoms with Crippen LogP contribution in [0, 0.1) is 0 Å². The van der Waals surface area contributed by atoms with Gasteiger partial charge < -0.3 is 9.84 Å². The second-order valence-electron chi connectivity index (χ2n) is 4.04. The van der Waals surface area contributed by atoms with Crippen LogP contribution in [0.3, 0.4) is 0 Å². The number of hydrogen-bond acceptors (Lipinski definition) is 4. The van der Waals surface area contributed by atoms with E-state index in [-0.39, 0.29) is 22.0 Å². The van der Waals surface area contributed by atoms with Crippen molar-refractivity contribution >= 4 is 27.6 Å². The number of benzene rings is 2. The Bertz CT molecular complexity index is 804. The fraction of sp³-hybridized carbons (Fsp3) is 0. The third kappa shape index (κ3) is 3.52. The average Bonchev–Trinajstić information content (AvgIpc) is 2.40. The number of para-hydroxylation sites is 1. The number of carbonyl (C=O) groups is 1. The van der Waals surface area contributed by atoms with E-state index in [9.17, 15) is 13.2 Å². The number of primary sulfonamides is 1. The zero-order valence-corrected chi connectivity index (χ0v) is 12.1. The number of carboxylic acids is 1. The molecule has 0 atom stereocenters. The number of halogens is 1. The molecule has 6 nitrogen and oxygen atoms in total. The van der Waals surface area contributed by atoms with Crippen LogP contribution in [-0.2, 0) is 10.0 Å². The highest BCUT2D eigenvalue weighted by Gasteiger charge is 2.18. The molecule has 0 fully saturated rings. The van der Waals surface area contributed by atoms with Crippen molar-refractivity contribution in [2.45, 2.75) is 4.90 Å². The van der Waals surface area contributed by atoms with E-state index in [1.807, 2.05) is 0 Å². The molecular formula is C13H10ClNO5S. The summed E-state index contributed by atoms with van der Waals surface area (Å²) in [7, 11) is -4.00. The molecule has 0 spiro atoms. The number of carboxylic acid groups (broad SMARTS) is 1. The molecule has 2 aromatic carbocycles. The molecule has 0 amide bonds. The number of sulfonamides is 1. The topological polar surface area (TPSA) is 107 Å². The van der Waals surface area contributed by atoms with Gasteiger partial charge in [-0.25, -0.2) is 18.4 Å². The molecule has 21 heavy (non-hydrogen) atoms. The van der Waals surface area contributed by atoms with Gasteiger partial charge in [0.15, 0.2) is 0 Å². The van der Waals surface area contributed by atoms with Crippen LogP contribution in [0.5, 0.6) is 11.5 Å². The zero-order valence-electron chi connectivity index (χ0n) is 10.5. The van der Waals surface area contributed by atoms with Gasteiger partial charge in [-0.3, -0.25) is 0 Å². The third-order valence-corrected chi connectivity index (χ3v) is 3.79. The Balaban J connectivity index is 2.50. The second kappa shape index (κ2) is 5.72. The van der Waals surface area contributed by atoms with Crippen molar-refractivity contribution in [3.8, 4) is 11.5 Å². The average molecular weight is 328 g/mol. The first-order valence-electron chi connectivity index (χ1n) is 5.61. The van der Waals surface area contributed by atoms with Crippen molar-refractivity contribution in [2.75, 3.05) is 0 Å². The lowest BCUT2D eigenvalue weighted by molar-refractivity contribution is 0.0694. The van der Waals surface area contributed by atoms with Crippen LogP contribution in [0.25, 0.3) is 0 Å². The van der Waals surface area contributed by atoms with E-state index in [0.717, 1.165) is 12.1 Å². The molecule has 0 aliphatic heterocycles. The van der Waals surface area contributed by atoms with Crippen molar-refractivity contribution in [2.24, 2.45) is 5.14 Å². The summed E-state index contributed by atoms with van der Waals surface area (Å²) in [6, 6.07) is 9.81. The van der Waals surface area contributed by atoms with Crippen LogP contribution in [0.1, 0.15) is 10.4 Å². The van der Waals surface area contributed by atoms with Crippen LogP contribution < -0.4 is 9.88 Å². The summed E-state index contributed by atoms with van der Waals surface area (Å²) in [6.45, 7) is 0. The standard InChI is InChI=1S/C13H10ClNO5S/c14-10-3-1-2-4-12(10)20-11-6-5-8(21(15,18)19)7-9(11)13(16)17/h1-7H,(H,16,17)(H2,15,18,19). The van der Waals surface area contributed by atoms with Gasteiger partial charge in [0, 0.05) is 0 Å². The predicted octanol–water partition coefficient (Wildman–Crippen LogP) is 2.48. The van der Waals surface area contributed by atoms with Crippen LogP contribution in [-0.4, -0.2) is 19.5 Å². The van der Waals surface area contributed by atoms with Crippen molar-refractivity contribution in [1.29, 1.82) is 0 Å². The molecule has 0 aliphatic carbocycles. The molecule has 2 aromatic rings. The van der Waals surface area contributed by atoms with Crippen molar-refractivity contribution in [3.05, 3.63) is 53.1 Å². The first kappa shape index (κ1) is 15.3. The molecule has 0 unspecified atom stereocenters. The fourth-order valence-electron chi connectivity index (χ4n) is 1.59. The van der Waals surface area contributed by atoms with Gasteiger partial charge in [-0.05, 0) is 30.3 Å². The molecule has 8 heteroatoms. The molecule has 0 heterocycles. The van der Waals surface area contributed by atoms with Gasteiger partial charge in [-0.2, -0.15) is 0 Å². The number of hydrogen-bond donors (Lipinski definition) is 2. The molecular weight excluding hydrogens is 318 g/mol. The summed E-state index contributed by atoms with van der Waals surface area (Å²) in [6.07, 6.45) is 0. The van der Waals surface area contributed by atoms with Gasteiger partial charge in [-0.1, -0.05) is 23.7 Å². The minimum Gasteiger partial charge on any atom is -0.478 e. The molecule has 110 valence electrons. The Hall–Kier alpha value is -2.09. The lowest BCUT2D eigenvalue weighted by Gasteiger charge is -2.11. The van der Waals surface area contributed by atoms with Crippen LogP contribution in [0.4, 0.5) is 0 Å².